The molecule has 3 aromatic heterocycles. The molecule has 0 saturated heterocycles. The van der Waals surface area contributed by atoms with E-state index < -0.39 is 0 Å². The number of aromatic nitrogens is 4. The van der Waals surface area contributed by atoms with E-state index in [0.29, 0.717) is 29.9 Å². The quantitative estimate of drug-likeness (QED) is 0.656. The summed E-state index contributed by atoms with van der Waals surface area (Å²) in [5, 5.41) is 14.1. The van der Waals surface area contributed by atoms with Gasteiger partial charge in [-0.15, -0.1) is 0 Å². The molecule has 1 aliphatic rings. The number of amides is 1. The van der Waals surface area contributed by atoms with Crippen molar-refractivity contribution in [2.24, 2.45) is 5.92 Å². The van der Waals surface area contributed by atoms with Gasteiger partial charge in [0, 0.05) is 30.9 Å². The number of pyridine rings is 1. The molecular weight excluding hydrogens is 372 g/mol. The van der Waals surface area contributed by atoms with Gasteiger partial charge in [-0.3, -0.25) is 9.59 Å². The van der Waals surface area contributed by atoms with Gasteiger partial charge in [-0.05, 0) is 50.3 Å². The number of aryl methyl sites for hydroxylation is 1. The molecule has 2 N–H and O–H groups in total. The molecule has 1 fully saturated rings. The first-order chi connectivity index (χ1) is 14.1. The lowest BCUT2D eigenvalue weighted by Gasteiger charge is -2.14. The molecule has 0 aromatic carbocycles. The number of nitrogens with one attached hydrogen (secondary N) is 2. The highest BCUT2D eigenvalue weighted by atomic mass is 16.5. The summed E-state index contributed by atoms with van der Waals surface area (Å²) in [6.07, 6.45) is 6.16. The third-order valence-electron chi connectivity index (χ3n) is 5.00. The van der Waals surface area contributed by atoms with Crippen LogP contribution in [0.1, 0.15) is 35.5 Å². The van der Waals surface area contributed by atoms with Gasteiger partial charge in [0.2, 0.25) is 5.76 Å². The van der Waals surface area contributed by atoms with Crippen LogP contribution in [-0.4, -0.2) is 38.4 Å². The normalized spacial score (nSPS) is 18.5. The fraction of sp³-hybridized carbons (Fsp3) is 0.350. The standard InChI is InChI=1S/C20H22N6O3/c1-13-9-17(29-25-13)20(28)22-11-14-4-5-15(10-14)24-18-7-6-16(12-21-18)26-19(27)3-2-8-23-26/h2-3,6-9,12,14-15H,4-5,10-11H2,1H3,(H,21,24)(H,22,28). The van der Waals surface area contributed by atoms with E-state index >= 15 is 0 Å². The fourth-order valence-corrected chi connectivity index (χ4v) is 3.54. The van der Waals surface area contributed by atoms with Crippen LogP contribution in [0.25, 0.3) is 5.69 Å². The highest BCUT2D eigenvalue weighted by Crippen LogP contribution is 2.27. The highest BCUT2D eigenvalue weighted by molar-refractivity contribution is 5.91. The van der Waals surface area contributed by atoms with Crippen LogP contribution < -0.4 is 16.2 Å². The molecule has 0 bridgehead atoms. The number of nitrogens with zero attached hydrogens (tertiary/aromatic N) is 4. The van der Waals surface area contributed by atoms with Gasteiger partial charge < -0.3 is 15.2 Å². The van der Waals surface area contributed by atoms with Crippen molar-refractivity contribution in [2.75, 3.05) is 11.9 Å². The number of hydrogen-bond donors (Lipinski definition) is 2. The third kappa shape index (κ3) is 4.50. The zero-order chi connectivity index (χ0) is 20.2. The summed E-state index contributed by atoms with van der Waals surface area (Å²) in [6.45, 7) is 2.38. The Bertz CT molecular complexity index is 1040. The van der Waals surface area contributed by atoms with Gasteiger partial charge in [0.15, 0.2) is 0 Å². The predicted octanol–water partition coefficient (Wildman–Crippen LogP) is 1.93. The summed E-state index contributed by atoms with van der Waals surface area (Å²) in [7, 11) is 0. The zero-order valence-corrected chi connectivity index (χ0v) is 16.0. The second-order valence-electron chi connectivity index (χ2n) is 7.24. The number of hydrogen-bond acceptors (Lipinski definition) is 7. The Labute approximate surface area is 167 Å². The molecule has 1 saturated carbocycles. The Morgan fingerprint density at radius 3 is 2.93 bits per heavy atom. The molecule has 1 aliphatic carbocycles. The van der Waals surface area contributed by atoms with Crippen molar-refractivity contribution in [3.63, 3.8) is 0 Å². The molecule has 150 valence electrons. The van der Waals surface area contributed by atoms with E-state index in [4.69, 9.17) is 4.52 Å². The van der Waals surface area contributed by atoms with Crippen molar-refractivity contribution in [2.45, 2.75) is 32.2 Å². The van der Waals surface area contributed by atoms with Crippen molar-refractivity contribution in [1.82, 2.24) is 25.2 Å². The van der Waals surface area contributed by atoms with Crippen molar-refractivity contribution in [3.05, 3.63) is 64.5 Å². The summed E-state index contributed by atoms with van der Waals surface area (Å²) in [5.74, 6) is 1.16. The van der Waals surface area contributed by atoms with Crippen LogP contribution in [-0.2, 0) is 0 Å². The molecule has 0 spiro atoms. The lowest BCUT2D eigenvalue weighted by Crippen LogP contribution is -2.28. The van der Waals surface area contributed by atoms with Crippen LogP contribution >= 0.6 is 0 Å². The largest absolute Gasteiger partial charge is 0.367 e. The molecule has 2 unspecified atom stereocenters. The van der Waals surface area contributed by atoms with E-state index in [-0.39, 0.29) is 17.2 Å². The van der Waals surface area contributed by atoms with Gasteiger partial charge in [-0.1, -0.05) is 5.16 Å². The smallest absolute Gasteiger partial charge is 0.289 e. The van der Waals surface area contributed by atoms with E-state index in [1.165, 1.54) is 10.7 Å². The second-order valence-corrected chi connectivity index (χ2v) is 7.24. The van der Waals surface area contributed by atoms with Crippen LogP contribution in [0.15, 0.2) is 52.0 Å². The van der Waals surface area contributed by atoms with Gasteiger partial charge >= 0.3 is 0 Å². The van der Waals surface area contributed by atoms with Crippen molar-refractivity contribution >= 4 is 11.7 Å². The summed E-state index contributed by atoms with van der Waals surface area (Å²) in [6, 6.07) is 8.64. The van der Waals surface area contributed by atoms with E-state index in [1.54, 1.807) is 31.5 Å². The van der Waals surface area contributed by atoms with Gasteiger partial charge in [-0.25, -0.2) is 4.98 Å². The van der Waals surface area contributed by atoms with Gasteiger partial charge in [0.05, 0.1) is 17.6 Å². The van der Waals surface area contributed by atoms with Crippen LogP contribution in [0.4, 0.5) is 5.82 Å². The Morgan fingerprint density at radius 2 is 2.21 bits per heavy atom. The zero-order valence-electron chi connectivity index (χ0n) is 16.0. The van der Waals surface area contributed by atoms with Crippen LogP contribution in [0.5, 0.6) is 0 Å². The van der Waals surface area contributed by atoms with Crippen LogP contribution in [0.3, 0.4) is 0 Å². The molecule has 3 aromatic rings. The van der Waals surface area contributed by atoms with Crippen LogP contribution in [0.2, 0.25) is 0 Å². The molecule has 0 aliphatic heterocycles. The fourth-order valence-electron chi connectivity index (χ4n) is 3.54. The number of anilines is 1. The molecule has 9 nitrogen and oxygen atoms in total. The maximum atomic E-state index is 12.1. The maximum absolute atomic E-state index is 12.1. The van der Waals surface area contributed by atoms with Gasteiger partial charge in [0.25, 0.3) is 11.5 Å². The van der Waals surface area contributed by atoms with Crippen LogP contribution in [0, 0.1) is 12.8 Å². The predicted molar refractivity (Wildman–Crippen MR) is 106 cm³/mol. The lowest BCUT2D eigenvalue weighted by molar-refractivity contribution is 0.0910. The maximum Gasteiger partial charge on any atom is 0.289 e. The molecule has 9 heteroatoms. The lowest BCUT2D eigenvalue weighted by atomic mass is 10.1. The molecule has 29 heavy (non-hydrogen) atoms. The van der Waals surface area contributed by atoms with Gasteiger partial charge in [0.1, 0.15) is 5.82 Å². The first-order valence-corrected chi connectivity index (χ1v) is 9.57. The summed E-state index contributed by atoms with van der Waals surface area (Å²) in [4.78, 5) is 28.3. The van der Waals surface area contributed by atoms with E-state index in [2.05, 4.69) is 25.9 Å². The van der Waals surface area contributed by atoms with Crippen molar-refractivity contribution in [1.29, 1.82) is 0 Å². The molecular formula is C20H22N6O3. The van der Waals surface area contributed by atoms with E-state index in [0.717, 1.165) is 25.1 Å². The number of carbonyl (C=O) groups excluding carboxylic acids is 1. The monoisotopic (exact) mass is 394 g/mol. The minimum Gasteiger partial charge on any atom is -0.367 e. The first-order valence-electron chi connectivity index (χ1n) is 9.57. The average Bonchev–Trinajstić information content (AvgIpc) is 3.36. The molecule has 4 rings (SSSR count). The Morgan fingerprint density at radius 1 is 1.31 bits per heavy atom. The molecule has 1 amide bonds. The second kappa shape index (κ2) is 8.26. The average molecular weight is 394 g/mol. The summed E-state index contributed by atoms with van der Waals surface area (Å²) in [5.41, 5.74) is 1.11. The first kappa shape index (κ1) is 18.9. The van der Waals surface area contributed by atoms with Crippen molar-refractivity contribution in [3.8, 4) is 5.69 Å². The minimum absolute atomic E-state index is 0.198. The molecule has 3 heterocycles. The Kier molecular flexibility index (Phi) is 5.37. The number of rotatable bonds is 6. The topological polar surface area (TPSA) is 115 Å². The van der Waals surface area contributed by atoms with Gasteiger partial charge in [-0.2, -0.15) is 9.78 Å². The highest BCUT2D eigenvalue weighted by Gasteiger charge is 2.25. The molecule has 2 atom stereocenters. The van der Waals surface area contributed by atoms with E-state index in [9.17, 15) is 9.59 Å². The molecule has 0 radical (unpaired) electrons. The number of carbonyl (C=O) groups is 1. The van der Waals surface area contributed by atoms with E-state index in [1.807, 2.05) is 12.1 Å². The third-order valence-corrected chi connectivity index (χ3v) is 5.00. The van der Waals surface area contributed by atoms with Crippen molar-refractivity contribution < 1.29 is 9.32 Å². The summed E-state index contributed by atoms with van der Waals surface area (Å²) < 4.78 is 6.29. The summed E-state index contributed by atoms with van der Waals surface area (Å²) >= 11 is 0. The SMILES string of the molecule is Cc1cc(C(=O)NCC2CCC(Nc3ccc(-n4ncccc4=O)cn3)C2)on1. The Balaban J connectivity index is 1.28. The Hall–Kier alpha value is -3.49. The minimum atomic E-state index is -0.232.